The van der Waals surface area contributed by atoms with E-state index in [0.717, 1.165) is 12.8 Å². The van der Waals surface area contributed by atoms with Gasteiger partial charge in [-0.15, -0.1) is 0 Å². The summed E-state index contributed by atoms with van der Waals surface area (Å²) in [7, 11) is 1.35. The summed E-state index contributed by atoms with van der Waals surface area (Å²) in [6, 6.07) is -0.272. The molecule has 26 heavy (non-hydrogen) atoms. The number of esters is 1. The second kappa shape index (κ2) is 9.78. The number of aliphatic carboxylic acids is 1. The zero-order chi connectivity index (χ0) is 19.9. The molecule has 150 valence electrons. The number of rotatable bonds is 7. The Morgan fingerprint density at radius 1 is 1.23 bits per heavy atom. The van der Waals surface area contributed by atoms with E-state index in [2.05, 4.69) is 5.32 Å². The maximum absolute atomic E-state index is 12.2. The molecule has 1 aliphatic carbocycles. The molecule has 0 aliphatic heterocycles. The minimum absolute atomic E-state index is 0.0721. The molecule has 7 nitrogen and oxygen atoms in total. The molecule has 4 unspecified atom stereocenters. The Labute approximate surface area is 155 Å². The lowest BCUT2D eigenvalue weighted by Crippen LogP contribution is -2.49. The van der Waals surface area contributed by atoms with Gasteiger partial charge in [-0.2, -0.15) is 0 Å². The van der Waals surface area contributed by atoms with Crippen molar-refractivity contribution in [3.8, 4) is 0 Å². The quantitative estimate of drug-likeness (QED) is 0.665. The fraction of sp³-hybridized carbons (Fsp3) is 0.842. The van der Waals surface area contributed by atoms with Gasteiger partial charge in [-0.25, -0.2) is 4.79 Å². The van der Waals surface area contributed by atoms with Gasteiger partial charge in [0.15, 0.2) is 0 Å². The van der Waals surface area contributed by atoms with Crippen LogP contribution in [0.2, 0.25) is 0 Å². The van der Waals surface area contributed by atoms with Crippen LogP contribution < -0.4 is 5.32 Å². The molecular formula is C19H33NO6. The van der Waals surface area contributed by atoms with Crippen LogP contribution in [0, 0.1) is 17.8 Å². The zero-order valence-electron chi connectivity index (χ0n) is 16.5. The van der Waals surface area contributed by atoms with Crippen LogP contribution >= 0.6 is 0 Å². The van der Waals surface area contributed by atoms with E-state index in [-0.39, 0.29) is 30.3 Å². The molecule has 1 saturated carbocycles. The third-order valence-electron chi connectivity index (χ3n) is 4.83. The molecule has 4 atom stereocenters. The highest BCUT2D eigenvalue weighted by Gasteiger charge is 2.40. The first-order valence-electron chi connectivity index (χ1n) is 9.36. The van der Waals surface area contributed by atoms with E-state index >= 15 is 0 Å². The summed E-state index contributed by atoms with van der Waals surface area (Å²) in [6.45, 7) is 7.30. The molecule has 0 spiro atoms. The zero-order valence-corrected chi connectivity index (χ0v) is 16.5. The van der Waals surface area contributed by atoms with Crippen molar-refractivity contribution in [3.63, 3.8) is 0 Å². The van der Waals surface area contributed by atoms with Gasteiger partial charge in [0, 0.05) is 12.5 Å². The maximum Gasteiger partial charge on any atom is 0.407 e. The van der Waals surface area contributed by atoms with E-state index in [0.29, 0.717) is 19.3 Å². The van der Waals surface area contributed by atoms with Crippen molar-refractivity contribution >= 4 is 18.0 Å². The lowest BCUT2D eigenvalue weighted by Gasteiger charge is -2.39. The van der Waals surface area contributed by atoms with Crippen LogP contribution in [-0.4, -0.2) is 41.9 Å². The van der Waals surface area contributed by atoms with Gasteiger partial charge in [0.2, 0.25) is 0 Å². The number of hydrogen-bond acceptors (Lipinski definition) is 5. The summed E-state index contributed by atoms with van der Waals surface area (Å²) < 4.78 is 10.1. The van der Waals surface area contributed by atoms with Crippen LogP contribution in [-0.2, 0) is 19.1 Å². The van der Waals surface area contributed by atoms with Crippen LogP contribution in [0.3, 0.4) is 0 Å². The Morgan fingerprint density at radius 2 is 1.88 bits per heavy atom. The van der Waals surface area contributed by atoms with Crippen molar-refractivity contribution < 1.29 is 29.0 Å². The van der Waals surface area contributed by atoms with Gasteiger partial charge in [-0.05, 0) is 58.3 Å². The van der Waals surface area contributed by atoms with E-state index in [4.69, 9.17) is 9.47 Å². The molecule has 0 aromatic carbocycles. The van der Waals surface area contributed by atoms with Gasteiger partial charge >= 0.3 is 18.0 Å². The molecule has 7 heteroatoms. The molecule has 0 radical (unpaired) electrons. The van der Waals surface area contributed by atoms with Crippen molar-refractivity contribution in [2.24, 2.45) is 17.8 Å². The van der Waals surface area contributed by atoms with Gasteiger partial charge in [0.1, 0.15) is 5.60 Å². The normalized spacial score (nSPS) is 24.4. The third-order valence-corrected chi connectivity index (χ3v) is 4.83. The molecule has 2 N–H and O–H groups in total. The Hall–Kier alpha value is -1.79. The number of nitrogens with one attached hydrogen (secondary N) is 1. The second-order valence-corrected chi connectivity index (χ2v) is 8.11. The monoisotopic (exact) mass is 371 g/mol. The molecule has 0 aromatic rings. The lowest BCUT2D eigenvalue weighted by molar-refractivity contribution is -0.145. The van der Waals surface area contributed by atoms with Crippen LogP contribution in [0.5, 0.6) is 0 Å². The standard InChI is InChI=1S/C19H33NO6/c1-6-7-13(17(22)23)14-10-12(11-16(21)25-5)8-9-15(14)20-18(24)26-19(2,3)4/h12-15H,6-11H2,1-5H3,(H,20,24)(H,22,23). The minimum atomic E-state index is -0.855. The first-order chi connectivity index (χ1) is 12.1. The molecule has 0 aromatic heterocycles. The van der Waals surface area contributed by atoms with E-state index in [1.54, 1.807) is 20.8 Å². The molecular weight excluding hydrogens is 338 g/mol. The molecule has 1 aliphatic rings. The molecule has 1 fully saturated rings. The fourth-order valence-corrected chi connectivity index (χ4v) is 3.72. The summed E-state index contributed by atoms with van der Waals surface area (Å²) in [5.74, 6) is -1.85. The Morgan fingerprint density at radius 3 is 2.38 bits per heavy atom. The highest BCUT2D eigenvalue weighted by Crippen LogP contribution is 2.38. The lowest BCUT2D eigenvalue weighted by atomic mass is 9.70. The van der Waals surface area contributed by atoms with Crippen molar-refractivity contribution in [2.75, 3.05) is 7.11 Å². The number of ether oxygens (including phenoxy) is 2. The van der Waals surface area contributed by atoms with Crippen LogP contribution in [0.1, 0.15) is 66.2 Å². The summed E-state index contributed by atoms with van der Waals surface area (Å²) in [4.78, 5) is 35.6. The number of carboxylic acids is 1. The third kappa shape index (κ3) is 7.22. The van der Waals surface area contributed by atoms with Crippen LogP contribution in [0.15, 0.2) is 0 Å². The SMILES string of the molecule is CCCC(C(=O)O)C1CC(CC(=O)OC)CCC1NC(=O)OC(C)(C)C. The largest absolute Gasteiger partial charge is 0.481 e. The summed E-state index contributed by atoms with van der Waals surface area (Å²) >= 11 is 0. The first kappa shape index (κ1) is 22.3. The van der Waals surface area contributed by atoms with Crippen LogP contribution in [0.4, 0.5) is 4.79 Å². The number of carbonyl (C=O) groups is 3. The number of methoxy groups -OCH3 is 1. The number of carbonyl (C=O) groups excluding carboxylic acids is 2. The number of amides is 1. The first-order valence-corrected chi connectivity index (χ1v) is 9.36. The van der Waals surface area contributed by atoms with Crippen molar-refractivity contribution in [1.82, 2.24) is 5.32 Å². The molecule has 1 rings (SSSR count). The maximum atomic E-state index is 12.2. The Kier molecular flexibility index (Phi) is 8.37. The van der Waals surface area contributed by atoms with Crippen molar-refractivity contribution in [3.05, 3.63) is 0 Å². The van der Waals surface area contributed by atoms with Gasteiger partial charge in [0.05, 0.1) is 13.0 Å². The smallest absolute Gasteiger partial charge is 0.407 e. The molecule has 0 bridgehead atoms. The van der Waals surface area contributed by atoms with Gasteiger partial charge in [-0.1, -0.05) is 13.3 Å². The van der Waals surface area contributed by atoms with E-state index < -0.39 is 23.6 Å². The Balaban J connectivity index is 2.90. The average Bonchev–Trinajstić information content (AvgIpc) is 2.52. The number of alkyl carbamates (subject to hydrolysis) is 1. The summed E-state index contributed by atoms with van der Waals surface area (Å²) in [6.07, 6.45) is 2.98. The average molecular weight is 371 g/mol. The molecule has 0 saturated heterocycles. The van der Waals surface area contributed by atoms with Gasteiger partial charge in [-0.3, -0.25) is 9.59 Å². The summed E-state index contributed by atoms with van der Waals surface area (Å²) in [5, 5.41) is 12.5. The highest BCUT2D eigenvalue weighted by molar-refractivity contribution is 5.72. The van der Waals surface area contributed by atoms with E-state index in [9.17, 15) is 19.5 Å². The Bertz CT molecular complexity index is 499. The molecule has 0 heterocycles. The number of carboxylic acid groups (broad SMARTS) is 1. The minimum Gasteiger partial charge on any atom is -0.481 e. The predicted molar refractivity (Wildman–Crippen MR) is 96.7 cm³/mol. The van der Waals surface area contributed by atoms with Crippen molar-refractivity contribution in [2.45, 2.75) is 77.9 Å². The molecule has 1 amide bonds. The fourth-order valence-electron chi connectivity index (χ4n) is 3.72. The number of hydrogen-bond donors (Lipinski definition) is 2. The van der Waals surface area contributed by atoms with Crippen LogP contribution in [0.25, 0.3) is 0 Å². The second-order valence-electron chi connectivity index (χ2n) is 8.11. The summed E-state index contributed by atoms with van der Waals surface area (Å²) in [5.41, 5.74) is -0.614. The topological polar surface area (TPSA) is 102 Å². The van der Waals surface area contributed by atoms with Crippen molar-refractivity contribution in [1.29, 1.82) is 0 Å². The van der Waals surface area contributed by atoms with E-state index in [1.165, 1.54) is 7.11 Å². The van der Waals surface area contributed by atoms with Gasteiger partial charge in [0.25, 0.3) is 0 Å². The highest BCUT2D eigenvalue weighted by atomic mass is 16.6. The van der Waals surface area contributed by atoms with Gasteiger partial charge < -0.3 is 19.9 Å². The predicted octanol–water partition coefficient (Wildman–Crippen LogP) is 3.36. The van der Waals surface area contributed by atoms with E-state index in [1.807, 2.05) is 6.92 Å².